The Kier molecular flexibility index (Phi) is 6.64. The minimum atomic E-state index is -0.934. The van der Waals surface area contributed by atoms with Crippen LogP contribution in [0.3, 0.4) is 0 Å². The van der Waals surface area contributed by atoms with Crippen LogP contribution in [0.1, 0.15) is 36.7 Å². The number of benzene rings is 2. The number of ether oxygens (including phenoxy) is 2. The predicted molar refractivity (Wildman–Crippen MR) is 109 cm³/mol. The van der Waals surface area contributed by atoms with E-state index in [0.29, 0.717) is 5.75 Å². The van der Waals surface area contributed by atoms with E-state index in [2.05, 4.69) is 5.32 Å². The Balaban J connectivity index is 2.32. The van der Waals surface area contributed by atoms with Crippen LogP contribution in [0.15, 0.2) is 42.5 Å². The van der Waals surface area contributed by atoms with E-state index in [0.717, 1.165) is 4.90 Å². The van der Waals surface area contributed by atoms with Gasteiger partial charge in [0, 0.05) is 7.05 Å². The number of guanidine groups is 1. The second-order valence-electron chi connectivity index (χ2n) is 7.21. The van der Waals surface area contributed by atoms with Crippen LogP contribution in [-0.4, -0.2) is 40.6 Å². The van der Waals surface area contributed by atoms with Crippen molar-refractivity contribution in [2.75, 3.05) is 7.05 Å². The second kappa shape index (κ2) is 8.96. The average Bonchev–Trinajstić information content (AvgIpc) is 2.67. The predicted octanol–water partition coefficient (Wildman–Crippen LogP) is 3.59. The summed E-state index contributed by atoms with van der Waals surface area (Å²) in [5.41, 5.74) is -1.12. The van der Waals surface area contributed by atoms with Gasteiger partial charge in [0.15, 0.2) is 5.75 Å². The van der Waals surface area contributed by atoms with Crippen LogP contribution in [-0.2, 0) is 4.74 Å². The van der Waals surface area contributed by atoms with Crippen molar-refractivity contribution in [3.8, 4) is 23.3 Å². The van der Waals surface area contributed by atoms with Gasteiger partial charge < -0.3 is 14.6 Å². The van der Waals surface area contributed by atoms with E-state index >= 15 is 0 Å². The highest BCUT2D eigenvalue weighted by atomic mass is 16.6. The molecule has 2 amide bonds. The molecule has 156 valence electrons. The Hall–Kier alpha value is -4.06. The molecule has 0 saturated heterocycles. The second-order valence-corrected chi connectivity index (χ2v) is 7.21. The first-order valence-electron chi connectivity index (χ1n) is 8.89. The molecule has 0 spiro atoms. The molecule has 0 bridgehead atoms. The minimum absolute atomic E-state index is 0.00818. The summed E-state index contributed by atoms with van der Waals surface area (Å²) in [4.78, 5) is 25.7. The number of nitrogens with zero attached hydrogens (tertiary/aromatic N) is 2. The van der Waals surface area contributed by atoms with E-state index in [4.69, 9.17) is 14.9 Å². The summed E-state index contributed by atoms with van der Waals surface area (Å²) in [5.74, 6) is -1.80. The lowest BCUT2D eigenvalue weighted by atomic mass is 10.1. The van der Waals surface area contributed by atoms with E-state index in [9.17, 15) is 20.0 Å². The normalized spacial score (nSPS) is 10.5. The molecule has 2 aromatic rings. The largest absolute Gasteiger partial charge is 0.507 e. The number of carbonyl (C=O) groups excluding carboxylic acids is 2. The molecule has 9 heteroatoms. The molecular weight excluding hydrogens is 388 g/mol. The molecule has 0 aromatic heterocycles. The highest BCUT2D eigenvalue weighted by molar-refractivity contribution is 6.10. The molecule has 9 nitrogen and oxygen atoms in total. The Morgan fingerprint density at radius 3 is 2.37 bits per heavy atom. The van der Waals surface area contributed by atoms with E-state index < -0.39 is 29.3 Å². The zero-order valence-electron chi connectivity index (χ0n) is 17.0. The number of nitriles is 1. The van der Waals surface area contributed by atoms with Gasteiger partial charge in [0.1, 0.15) is 28.7 Å². The number of carbonyl (C=O) groups is 2. The Morgan fingerprint density at radius 1 is 1.17 bits per heavy atom. The standard InChI is InChI=1S/C21H22N4O5/c1-21(2,3)30-20(28)25(4)19(23)24-18(27)16-15(26)11-10-13(12-22)17(16)29-14-8-6-5-7-9-14/h5-11,26H,1-4H3,(H2,23,24,27). The summed E-state index contributed by atoms with van der Waals surface area (Å²) in [5, 5.41) is 29.8. The fourth-order valence-electron chi connectivity index (χ4n) is 2.27. The maximum absolute atomic E-state index is 12.8. The molecule has 0 aliphatic carbocycles. The van der Waals surface area contributed by atoms with Gasteiger partial charge in [-0.25, -0.2) is 4.79 Å². The number of nitrogens with one attached hydrogen (secondary N) is 2. The summed E-state index contributed by atoms with van der Waals surface area (Å²) >= 11 is 0. The lowest BCUT2D eigenvalue weighted by Gasteiger charge is -2.25. The third kappa shape index (κ3) is 5.48. The first-order valence-corrected chi connectivity index (χ1v) is 8.89. The van der Waals surface area contributed by atoms with Gasteiger partial charge in [0.25, 0.3) is 5.91 Å². The highest BCUT2D eigenvalue weighted by Gasteiger charge is 2.27. The number of amides is 2. The zero-order valence-corrected chi connectivity index (χ0v) is 17.0. The summed E-state index contributed by atoms with van der Waals surface area (Å²) in [7, 11) is 1.25. The molecule has 0 radical (unpaired) electrons. The summed E-state index contributed by atoms with van der Waals surface area (Å²) in [6, 6.07) is 12.8. The first kappa shape index (κ1) is 22.2. The number of phenolic OH excluding ortho intramolecular Hbond substituents is 1. The monoisotopic (exact) mass is 410 g/mol. The van der Waals surface area contributed by atoms with Crippen LogP contribution in [0, 0.1) is 16.7 Å². The minimum Gasteiger partial charge on any atom is -0.507 e. The number of hydrogen-bond acceptors (Lipinski definition) is 7. The SMILES string of the molecule is CN(C(=N)NC(=O)c1c(O)ccc(C#N)c1Oc1ccccc1)C(=O)OC(C)(C)C. The maximum Gasteiger partial charge on any atom is 0.416 e. The molecular formula is C21H22N4O5. The van der Waals surface area contributed by atoms with E-state index in [1.807, 2.05) is 6.07 Å². The van der Waals surface area contributed by atoms with Gasteiger partial charge >= 0.3 is 6.09 Å². The molecule has 0 unspecified atom stereocenters. The van der Waals surface area contributed by atoms with Crippen LogP contribution in [0.4, 0.5) is 4.79 Å². The molecule has 0 saturated carbocycles. The van der Waals surface area contributed by atoms with Gasteiger partial charge in [0.2, 0.25) is 5.96 Å². The van der Waals surface area contributed by atoms with Gasteiger partial charge in [-0.1, -0.05) is 18.2 Å². The molecule has 2 rings (SSSR count). The van der Waals surface area contributed by atoms with Crippen molar-refractivity contribution in [1.82, 2.24) is 10.2 Å². The van der Waals surface area contributed by atoms with Crippen molar-refractivity contribution in [2.24, 2.45) is 0 Å². The van der Waals surface area contributed by atoms with Crippen molar-refractivity contribution in [2.45, 2.75) is 26.4 Å². The summed E-state index contributed by atoms with van der Waals surface area (Å²) in [6.07, 6.45) is -0.844. The Labute approximate surface area is 174 Å². The summed E-state index contributed by atoms with van der Waals surface area (Å²) < 4.78 is 10.8. The van der Waals surface area contributed by atoms with E-state index in [1.54, 1.807) is 51.1 Å². The molecule has 0 heterocycles. The zero-order chi connectivity index (χ0) is 22.5. The molecule has 0 aliphatic rings. The quantitative estimate of drug-likeness (QED) is 0.523. The van der Waals surface area contributed by atoms with Crippen LogP contribution >= 0.6 is 0 Å². The van der Waals surface area contributed by atoms with Crippen LogP contribution in [0.25, 0.3) is 0 Å². The lowest BCUT2D eigenvalue weighted by Crippen LogP contribution is -2.46. The lowest BCUT2D eigenvalue weighted by molar-refractivity contribution is 0.0396. The molecule has 2 aromatic carbocycles. The summed E-state index contributed by atoms with van der Waals surface area (Å²) in [6.45, 7) is 5.00. The van der Waals surface area contributed by atoms with Gasteiger partial charge in [-0.2, -0.15) is 5.26 Å². The van der Waals surface area contributed by atoms with Gasteiger partial charge in [-0.3, -0.25) is 20.4 Å². The van der Waals surface area contributed by atoms with Gasteiger partial charge in [-0.15, -0.1) is 0 Å². The third-order valence-corrected chi connectivity index (χ3v) is 3.68. The molecule has 3 N–H and O–H groups in total. The van der Waals surface area contributed by atoms with Crippen molar-refractivity contribution in [3.05, 3.63) is 53.6 Å². The maximum atomic E-state index is 12.8. The van der Waals surface area contributed by atoms with Gasteiger partial charge in [0.05, 0.1) is 5.56 Å². The number of rotatable bonds is 3. The van der Waals surface area contributed by atoms with E-state index in [-0.39, 0.29) is 16.9 Å². The smallest absolute Gasteiger partial charge is 0.416 e. The van der Waals surface area contributed by atoms with E-state index in [1.165, 1.54) is 19.2 Å². The average molecular weight is 410 g/mol. The Morgan fingerprint density at radius 2 is 1.80 bits per heavy atom. The topological polar surface area (TPSA) is 136 Å². The van der Waals surface area contributed by atoms with Crippen molar-refractivity contribution >= 4 is 18.0 Å². The number of phenols is 1. The number of para-hydroxylation sites is 1. The van der Waals surface area contributed by atoms with Crippen molar-refractivity contribution in [3.63, 3.8) is 0 Å². The van der Waals surface area contributed by atoms with Crippen LogP contribution < -0.4 is 10.1 Å². The van der Waals surface area contributed by atoms with Crippen molar-refractivity contribution < 1.29 is 24.2 Å². The van der Waals surface area contributed by atoms with Crippen molar-refractivity contribution in [1.29, 1.82) is 10.7 Å². The first-order chi connectivity index (χ1) is 14.0. The van der Waals surface area contributed by atoms with Crippen LogP contribution in [0.5, 0.6) is 17.2 Å². The molecule has 30 heavy (non-hydrogen) atoms. The molecule has 0 aliphatic heterocycles. The third-order valence-electron chi connectivity index (χ3n) is 3.68. The number of aromatic hydroxyl groups is 1. The molecule has 0 atom stereocenters. The Bertz CT molecular complexity index is 1010. The fourth-order valence-corrected chi connectivity index (χ4v) is 2.27. The highest BCUT2D eigenvalue weighted by Crippen LogP contribution is 2.34. The fraction of sp³-hybridized carbons (Fsp3) is 0.238. The van der Waals surface area contributed by atoms with Gasteiger partial charge in [-0.05, 0) is 45.0 Å². The van der Waals surface area contributed by atoms with Crippen LogP contribution in [0.2, 0.25) is 0 Å². The number of hydrogen-bond donors (Lipinski definition) is 3. The molecule has 0 fully saturated rings.